The summed E-state index contributed by atoms with van der Waals surface area (Å²) >= 11 is 0. The second-order valence-corrected chi connectivity index (χ2v) is 8.99. The largest absolute Gasteiger partial charge is 0.459 e. The minimum atomic E-state index is -0.175. The molecular formula is C23H27N3O4. The number of nitrogens with zero attached hydrogens (tertiary/aromatic N) is 1. The lowest BCUT2D eigenvalue weighted by molar-refractivity contribution is 0.0589. The zero-order valence-electron chi connectivity index (χ0n) is 17.4. The summed E-state index contributed by atoms with van der Waals surface area (Å²) in [4.78, 5) is 43.4. The molecule has 2 bridgehead atoms. The highest BCUT2D eigenvalue weighted by Gasteiger charge is 2.45. The molecule has 1 saturated carbocycles. The molecule has 2 fully saturated rings. The molecule has 3 atom stereocenters. The fourth-order valence-corrected chi connectivity index (χ4v) is 5.59. The first-order chi connectivity index (χ1) is 14.4. The van der Waals surface area contributed by atoms with E-state index in [4.69, 9.17) is 4.42 Å². The van der Waals surface area contributed by atoms with Crippen molar-refractivity contribution in [2.24, 2.45) is 11.8 Å². The van der Waals surface area contributed by atoms with Gasteiger partial charge in [0.05, 0.1) is 6.26 Å². The molecule has 2 aromatic rings. The predicted octanol–water partition coefficient (Wildman–Crippen LogP) is 3.02. The molecule has 1 saturated heterocycles. The van der Waals surface area contributed by atoms with E-state index in [1.807, 2.05) is 18.7 Å². The van der Waals surface area contributed by atoms with Gasteiger partial charge in [-0.25, -0.2) is 0 Å². The van der Waals surface area contributed by atoms with Crippen LogP contribution in [0.5, 0.6) is 0 Å². The molecule has 158 valence electrons. The summed E-state index contributed by atoms with van der Waals surface area (Å²) < 4.78 is 5.33. The van der Waals surface area contributed by atoms with Gasteiger partial charge in [0.25, 0.3) is 11.8 Å². The fourth-order valence-electron chi connectivity index (χ4n) is 5.59. The average molecular weight is 409 g/mol. The number of nitrogens with one attached hydrogen (secondary N) is 2. The standard InChI is InChI=1S/C23H27N3O4/c1-12-8-9-30-21(12)22(28)25-20-14-6-7-15(20)11-26(10-14)23(29)19-13(2)18-16(24-19)4-3-5-17(18)27/h8-9,14-15,20,24H,3-7,10-11H2,1-2H3,(H,25,28)/t14-,15+,20?. The van der Waals surface area contributed by atoms with E-state index in [9.17, 15) is 14.4 Å². The van der Waals surface area contributed by atoms with E-state index in [0.29, 0.717) is 31.0 Å². The summed E-state index contributed by atoms with van der Waals surface area (Å²) in [6.45, 7) is 4.97. The third-order valence-corrected chi connectivity index (χ3v) is 7.14. The molecule has 7 nitrogen and oxygen atoms in total. The number of ketones is 1. The molecule has 0 spiro atoms. The Morgan fingerprint density at radius 3 is 2.53 bits per heavy atom. The molecule has 30 heavy (non-hydrogen) atoms. The lowest BCUT2D eigenvalue weighted by Crippen LogP contribution is -2.54. The quantitative estimate of drug-likeness (QED) is 0.815. The molecule has 5 rings (SSSR count). The Bertz CT molecular complexity index is 1020. The highest BCUT2D eigenvalue weighted by Crippen LogP contribution is 2.38. The van der Waals surface area contributed by atoms with Crippen molar-refractivity contribution < 1.29 is 18.8 Å². The highest BCUT2D eigenvalue weighted by molar-refractivity contribution is 6.04. The number of likely N-dealkylation sites (tertiary alicyclic amines) is 1. The van der Waals surface area contributed by atoms with E-state index in [1.54, 1.807) is 6.07 Å². The zero-order valence-corrected chi connectivity index (χ0v) is 17.4. The van der Waals surface area contributed by atoms with Gasteiger partial charge in [0.2, 0.25) is 0 Å². The van der Waals surface area contributed by atoms with Crippen molar-refractivity contribution in [3.63, 3.8) is 0 Å². The lowest BCUT2D eigenvalue weighted by atomic mass is 9.91. The van der Waals surface area contributed by atoms with Crippen LogP contribution in [0.15, 0.2) is 16.7 Å². The van der Waals surface area contributed by atoms with Crippen LogP contribution in [0, 0.1) is 25.7 Å². The van der Waals surface area contributed by atoms with Gasteiger partial charge in [-0.3, -0.25) is 14.4 Å². The van der Waals surface area contributed by atoms with Crippen molar-refractivity contribution in [1.29, 1.82) is 0 Å². The third kappa shape index (κ3) is 2.99. The summed E-state index contributed by atoms with van der Waals surface area (Å²) in [5.74, 6) is 0.768. The summed E-state index contributed by atoms with van der Waals surface area (Å²) in [5.41, 5.74) is 3.81. The summed E-state index contributed by atoms with van der Waals surface area (Å²) in [6.07, 6.45) is 5.74. The lowest BCUT2D eigenvalue weighted by Gasteiger charge is -2.38. The smallest absolute Gasteiger partial charge is 0.287 e. The van der Waals surface area contributed by atoms with Crippen molar-refractivity contribution >= 4 is 17.6 Å². The van der Waals surface area contributed by atoms with Gasteiger partial charge >= 0.3 is 0 Å². The maximum Gasteiger partial charge on any atom is 0.287 e. The Morgan fingerprint density at radius 1 is 1.17 bits per heavy atom. The van der Waals surface area contributed by atoms with Crippen LogP contribution in [0.2, 0.25) is 0 Å². The Balaban J connectivity index is 1.32. The monoisotopic (exact) mass is 409 g/mol. The zero-order chi connectivity index (χ0) is 21.0. The summed E-state index contributed by atoms with van der Waals surface area (Å²) in [7, 11) is 0. The molecule has 3 aliphatic rings. The van der Waals surface area contributed by atoms with E-state index >= 15 is 0 Å². The first kappa shape index (κ1) is 19.2. The first-order valence-corrected chi connectivity index (χ1v) is 10.8. The predicted molar refractivity (Wildman–Crippen MR) is 110 cm³/mol. The number of furan rings is 1. The van der Waals surface area contributed by atoms with E-state index in [2.05, 4.69) is 10.3 Å². The van der Waals surface area contributed by atoms with Crippen molar-refractivity contribution in [2.45, 2.75) is 52.0 Å². The minimum Gasteiger partial charge on any atom is -0.459 e. The molecule has 2 amide bonds. The number of hydrogen-bond acceptors (Lipinski definition) is 4. The molecule has 3 heterocycles. The van der Waals surface area contributed by atoms with Crippen LogP contribution in [0.25, 0.3) is 0 Å². The van der Waals surface area contributed by atoms with E-state index in [-0.39, 0.29) is 35.5 Å². The highest BCUT2D eigenvalue weighted by atomic mass is 16.3. The van der Waals surface area contributed by atoms with Gasteiger partial charge in [-0.2, -0.15) is 0 Å². The molecule has 1 aliphatic heterocycles. The van der Waals surface area contributed by atoms with Crippen LogP contribution in [-0.2, 0) is 6.42 Å². The van der Waals surface area contributed by atoms with Crippen molar-refractivity contribution in [3.05, 3.63) is 46.2 Å². The maximum absolute atomic E-state index is 13.3. The number of aromatic nitrogens is 1. The SMILES string of the molecule is Cc1ccoc1C(=O)NC1[C@@H]2CC[C@H]1CN(C(=O)c1[nH]c3c(c1C)C(=O)CCC3)C2. The number of carbonyl (C=O) groups excluding carboxylic acids is 3. The van der Waals surface area contributed by atoms with Gasteiger partial charge in [-0.05, 0) is 63.0 Å². The van der Waals surface area contributed by atoms with Gasteiger partial charge in [0.1, 0.15) is 5.69 Å². The summed E-state index contributed by atoms with van der Waals surface area (Å²) in [6, 6.07) is 1.85. The normalized spacial score (nSPS) is 25.3. The fraction of sp³-hybridized carbons (Fsp3) is 0.522. The number of fused-ring (bicyclic) bond motifs is 3. The minimum absolute atomic E-state index is 0.0294. The van der Waals surface area contributed by atoms with Crippen molar-refractivity contribution in [1.82, 2.24) is 15.2 Å². The molecule has 7 heteroatoms. The number of hydrogen-bond donors (Lipinski definition) is 2. The first-order valence-electron chi connectivity index (χ1n) is 10.8. The summed E-state index contributed by atoms with van der Waals surface area (Å²) in [5, 5.41) is 3.16. The number of H-pyrrole nitrogens is 1. The van der Waals surface area contributed by atoms with Crippen LogP contribution in [-0.4, -0.2) is 46.6 Å². The van der Waals surface area contributed by atoms with Crippen molar-refractivity contribution in [3.8, 4) is 0 Å². The topological polar surface area (TPSA) is 95.4 Å². The van der Waals surface area contributed by atoms with Crippen LogP contribution in [0.1, 0.15) is 73.9 Å². The van der Waals surface area contributed by atoms with Gasteiger partial charge in [-0.15, -0.1) is 0 Å². The van der Waals surface area contributed by atoms with Gasteiger partial charge in [0.15, 0.2) is 11.5 Å². The maximum atomic E-state index is 13.3. The number of rotatable bonds is 3. The number of aryl methyl sites for hydroxylation is 2. The number of carbonyl (C=O) groups is 3. The molecule has 0 aromatic carbocycles. The second kappa shape index (κ2) is 7.15. The number of aromatic amines is 1. The third-order valence-electron chi connectivity index (χ3n) is 7.14. The van der Waals surface area contributed by atoms with E-state index < -0.39 is 0 Å². The second-order valence-electron chi connectivity index (χ2n) is 8.99. The molecular weight excluding hydrogens is 382 g/mol. The molecule has 0 radical (unpaired) electrons. The Labute approximate surface area is 175 Å². The van der Waals surface area contributed by atoms with Crippen LogP contribution >= 0.6 is 0 Å². The van der Waals surface area contributed by atoms with Gasteiger partial charge < -0.3 is 19.6 Å². The average Bonchev–Trinajstić information content (AvgIpc) is 3.35. The van der Waals surface area contributed by atoms with Crippen LogP contribution in [0.3, 0.4) is 0 Å². The molecule has 1 unspecified atom stereocenters. The van der Waals surface area contributed by atoms with Crippen LogP contribution in [0.4, 0.5) is 0 Å². The van der Waals surface area contributed by atoms with E-state index in [0.717, 1.165) is 48.1 Å². The number of piperidine rings is 1. The van der Waals surface area contributed by atoms with Gasteiger partial charge in [-0.1, -0.05) is 0 Å². The van der Waals surface area contributed by atoms with E-state index in [1.165, 1.54) is 6.26 Å². The number of amides is 2. The Kier molecular flexibility index (Phi) is 4.56. The molecule has 2 N–H and O–H groups in total. The number of Topliss-reactive ketones (excluding diaryl/α,β-unsaturated/α-hetero) is 1. The van der Waals surface area contributed by atoms with Crippen LogP contribution < -0.4 is 5.32 Å². The molecule has 2 aliphatic carbocycles. The van der Waals surface area contributed by atoms with Crippen molar-refractivity contribution in [2.75, 3.05) is 13.1 Å². The Morgan fingerprint density at radius 2 is 1.90 bits per heavy atom. The molecule has 2 aromatic heterocycles. The Hall–Kier alpha value is -2.83. The van der Waals surface area contributed by atoms with Gasteiger partial charge in [0, 0.05) is 42.4 Å².